The molecule has 0 bridgehead atoms. The van der Waals surface area contributed by atoms with Crippen LogP contribution in [-0.2, 0) is 39.4 Å². The molecule has 0 aliphatic rings. The van der Waals surface area contributed by atoms with Crippen LogP contribution in [0, 0.1) is 0 Å². The Bertz CT molecular complexity index is 621. The molecule has 13 heteroatoms. The van der Waals surface area contributed by atoms with Crippen molar-refractivity contribution in [3.05, 3.63) is 30.6 Å². The number of aromatic nitrogens is 1. The topological polar surface area (TPSA) is 140 Å². The molecule has 0 aromatic carbocycles. The van der Waals surface area contributed by atoms with Crippen molar-refractivity contribution in [2.75, 3.05) is 0 Å². The van der Waals surface area contributed by atoms with Crippen molar-refractivity contribution < 1.29 is 41.9 Å². The van der Waals surface area contributed by atoms with E-state index < -0.39 is 32.2 Å². The van der Waals surface area contributed by atoms with E-state index in [1.807, 2.05) is 0 Å². The summed E-state index contributed by atoms with van der Waals surface area (Å²) in [5.74, 6) is 0. The predicted octanol–water partition coefficient (Wildman–Crippen LogP) is -2.28. The van der Waals surface area contributed by atoms with Gasteiger partial charge in [-0.05, 0) is 0 Å². The highest BCUT2D eigenvalue weighted by Gasteiger charge is 2.30. The van der Waals surface area contributed by atoms with E-state index >= 15 is 0 Å². The zero-order valence-corrected chi connectivity index (χ0v) is 10.7. The van der Waals surface area contributed by atoms with Gasteiger partial charge in [-0.25, -0.2) is 4.21 Å². The SMILES string of the molecule is O=S([O-])OS(=O)(=O)OS(=O)(=O)O[n+]1ccccc1. The average Bonchev–Trinajstić information content (AvgIpc) is 2.13. The fourth-order valence-electron chi connectivity index (χ4n) is 0.732. The Kier molecular flexibility index (Phi) is 4.71. The minimum absolute atomic E-state index is 0.610. The van der Waals surface area contributed by atoms with Crippen molar-refractivity contribution in [3.8, 4) is 0 Å². The van der Waals surface area contributed by atoms with E-state index in [1.54, 1.807) is 0 Å². The molecule has 0 saturated heterocycles. The lowest BCUT2D eigenvalue weighted by molar-refractivity contribution is -0.857. The molecule has 1 unspecified atom stereocenters. The summed E-state index contributed by atoms with van der Waals surface area (Å²) in [5, 5.41) is 0. The first-order valence-electron chi connectivity index (χ1n) is 3.87. The summed E-state index contributed by atoms with van der Waals surface area (Å²) >= 11 is -3.51. The summed E-state index contributed by atoms with van der Waals surface area (Å²) in [4.78, 5) is 0. The highest BCUT2D eigenvalue weighted by atomic mass is 32.3. The van der Waals surface area contributed by atoms with Crippen molar-refractivity contribution in [3.63, 3.8) is 0 Å². The molecule has 0 fully saturated rings. The van der Waals surface area contributed by atoms with Gasteiger partial charge in [0.25, 0.3) is 0 Å². The van der Waals surface area contributed by atoms with E-state index in [9.17, 15) is 25.6 Å². The highest BCUT2D eigenvalue weighted by molar-refractivity contribution is 7.99. The van der Waals surface area contributed by atoms with E-state index in [2.05, 4.69) is 11.5 Å². The summed E-state index contributed by atoms with van der Waals surface area (Å²) in [6.07, 6.45) is 2.25. The molecule has 1 atom stereocenters. The molecular formula is C5H5NO9S3. The van der Waals surface area contributed by atoms with Gasteiger partial charge in [-0.2, -0.15) is 20.5 Å². The van der Waals surface area contributed by atoms with Crippen molar-refractivity contribution in [1.29, 1.82) is 0 Å². The highest BCUT2D eigenvalue weighted by Crippen LogP contribution is 2.03. The number of hydrogen-bond donors (Lipinski definition) is 0. The molecule has 0 spiro atoms. The van der Waals surface area contributed by atoms with Gasteiger partial charge in [0, 0.05) is 16.9 Å². The summed E-state index contributed by atoms with van der Waals surface area (Å²) in [5.41, 5.74) is 0. The van der Waals surface area contributed by atoms with E-state index in [-0.39, 0.29) is 0 Å². The fraction of sp³-hybridized carbons (Fsp3) is 0. The van der Waals surface area contributed by atoms with Crippen LogP contribution in [0.15, 0.2) is 30.6 Å². The third kappa shape index (κ3) is 5.48. The fourth-order valence-corrected chi connectivity index (χ4v) is 2.80. The normalized spacial score (nSPS) is 14.1. The maximum absolute atomic E-state index is 11.1. The Balaban J connectivity index is 2.81. The van der Waals surface area contributed by atoms with Crippen molar-refractivity contribution >= 4 is 32.2 Å². The second-order valence-electron chi connectivity index (χ2n) is 2.47. The smallest absolute Gasteiger partial charge is 0.519 e. The third-order valence-corrected chi connectivity index (χ3v) is 3.97. The standard InChI is InChI=1S/C5H5NO9S3/c7-16(8)14-18(11,12)15-17(9,10)13-6-4-2-1-3-5-6/h1-5H. The van der Waals surface area contributed by atoms with Crippen LogP contribution in [0.2, 0.25) is 0 Å². The van der Waals surface area contributed by atoms with Crippen LogP contribution in [0.3, 0.4) is 0 Å². The van der Waals surface area contributed by atoms with E-state index in [0.717, 1.165) is 12.4 Å². The molecule has 1 aromatic rings. The molecule has 1 heterocycles. The summed E-state index contributed by atoms with van der Waals surface area (Å²) in [7, 11) is -10.4. The molecule has 0 radical (unpaired) electrons. The van der Waals surface area contributed by atoms with E-state index in [0.29, 0.717) is 4.73 Å². The van der Waals surface area contributed by atoms with Crippen LogP contribution >= 0.6 is 0 Å². The Morgan fingerprint density at radius 2 is 1.56 bits per heavy atom. The Morgan fingerprint density at radius 1 is 1.00 bits per heavy atom. The van der Waals surface area contributed by atoms with E-state index in [4.69, 9.17) is 0 Å². The first-order chi connectivity index (χ1) is 8.20. The Hall–Kier alpha value is -1.12. The van der Waals surface area contributed by atoms with Crippen molar-refractivity contribution in [2.45, 2.75) is 0 Å². The molecule has 1 aromatic heterocycles. The van der Waals surface area contributed by atoms with E-state index in [1.165, 1.54) is 18.2 Å². The number of nitrogens with zero attached hydrogens (tertiary/aromatic N) is 1. The second kappa shape index (κ2) is 5.68. The molecule has 102 valence electrons. The zero-order valence-electron chi connectivity index (χ0n) is 8.23. The van der Waals surface area contributed by atoms with Gasteiger partial charge in [0.15, 0.2) is 0 Å². The monoisotopic (exact) mass is 319 g/mol. The van der Waals surface area contributed by atoms with Crippen molar-refractivity contribution in [2.24, 2.45) is 0 Å². The molecule has 0 N–H and O–H groups in total. The molecule has 1 rings (SSSR count). The summed E-state index contributed by atoms with van der Waals surface area (Å²) in [6.45, 7) is 0. The second-order valence-corrected chi connectivity index (χ2v) is 5.75. The van der Waals surface area contributed by atoms with Gasteiger partial charge in [0.1, 0.15) is 11.4 Å². The van der Waals surface area contributed by atoms with Gasteiger partial charge in [0.05, 0.1) is 0 Å². The van der Waals surface area contributed by atoms with Gasteiger partial charge in [0.2, 0.25) is 12.4 Å². The molecule has 18 heavy (non-hydrogen) atoms. The molecule has 0 aliphatic carbocycles. The molecule has 0 amide bonds. The largest absolute Gasteiger partial charge is 0.749 e. The molecule has 0 saturated carbocycles. The molecular weight excluding hydrogens is 314 g/mol. The van der Waals surface area contributed by atoms with Gasteiger partial charge in [-0.15, -0.1) is 4.28 Å². The van der Waals surface area contributed by atoms with Gasteiger partial charge < -0.3 is 4.55 Å². The molecule has 0 aliphatic heterocycles. The molecule has 10 nitrogen and oxygen atoms in total. The van der Waals surface area contributed by atoms with Crippen LogP contribution in [0.5, 0.6) is 0 Å². The third-order valence-electron chi connectivity index (χ3n) is 1.17. The Labute approximate surface area is 105 Å². The minimum Gasteiger partial charge on any atom is -0.749 e. The minimum atomic E-state index is -5.30. The van der Waals surface area contributed by atoms with Gasteiger partial charge >= 0.3 is 20.8 Å². The summed E-state index contributed by atoms with van der Waals surface area (Å²) in [6, 6.07) is 4.30. The van der Waals surface area contributed by atoms with Crippen LogP contribution in [0.1, 0.15) is 0 Å². The maximum atomic E-state index is 11.1. The lowest BCUT2D eigenvalue weighted by atomic mass is 10.5. The number of hydrogen-bond acceptors (Lipinski definition) is 9. The van der Waals surface area contributed by atoms with Crippen LogP contribution in [0.4, 0.5) is 0 Å². The quantitative estimate of drug-likeness (QED) is 0.419. The van der Waals surface area contributed by atoms with Gasteiger partial charge in [-0.3, -0.25) is 0 Å². The zero-order chi connectivity index (χ0) is 13.8. The first kappa shape index (κ1) is 14.9. The average molecular weight is 319 g/mol. The first-order valence-corrected chi connectivity index (χ1v) is 7.53. The van der Waals surface area contributed by atoms with Crippen molar-refractivity contribution in [1.82, 2.24) is 0 Å². The van der Waals surface area contributed by atoms with Crippen LogP contribution < -0.4 is 9.01 Å². The lowest BCUT2D eigenvalue weighted by Crippen LogP contribution is -2.46. The lowest BCUT2D eigenvalue weighted by Gasteiger charge is -2.04. The van der Waals surface area contributed by atoms with Crippen LogP contribution in [0.25, 0.3) is 0 Å². The number of pyridine rings is 1. The van der Waals surface area contributed by atoms with Gasteiger partial charge in [-0.1, -0.05) is 9.70 Å². The number of rotatable bonds is 6. The maximum Gasteiger partial charge on any atom is 0.519 e. The summed E-state index contributed by atoms with van der Waals surface area (Å²) < 4.78 is 74.9. The van der Waals surface area contributed by atoms with Crippen LogP contribution in [-0.4, -0.2) is 25.6 Å². The Morgan fingerprint density at radius 3 is 2.06 bits per heavy atom. The predicted molar refractivity (Wildman–Crippen MR) is 52.1 cm³/mol.